The Kier molecular flexibility index (Phi) is 6.50. The van der Waals surface area contributed by atoms with Crippen molar-refractivity contribution in [3.05, 3.63) is 35.4 Å². The van der Waals surface area contributed by atoms with Gasteiger partial charge in [0.15, 0.2) is 5.96 Å². The third kappa shape index (κ3) is 4.11. The summed E-state index contributed by atoms with van der Waals surface area (Å²) in [7, 11) is 8.21. The first-order chi connectivity index (χ1) is 9.44. The van der Waals surface area contributed by atoms with Crippen LogP contribution in [0.4, 0.5) is 0 Å². The average Bonchev–Trinajstić information content (AvgIpc) is 2.38. The summed E-state index contributed by atoms with van der Waals surface area (Å²) in [4.78, 5) is 9.05. The van der Waals surface area contributed by atoms with Crippen LogP contribution in [0.1, 0.15) is 30.9 Å². The molecule has 0 aliphatic heterocycles. The highest BCUT2D eigenvalue weighted by molar-refractivity contribution is 14.0. The van der Waals surface area contributed by atoms with Crippen molar-refractivity contribution in [2.24, 2.45) is 4.99 Å². The molecule has 0 fully saturated rings. The van der Waals surface area contributed by atoms with Crippen molar-refractivity contribution in [2.75, 3.05) is 34.7 Å². The van der Waals surface area contributed by atoms with Crippen LogP contribution < -0.4 is 0 Å². The number of fused-ring (bicyclic) bond motifs is 1. The van der Waals surface area contributed by atoms with E-state index >= 15 is 0 Å². The average molecular weight is 401 g/mol. The van der Waals surface area contributed by atoms with Crippen molar-refractivity contribution in [2.45, 2.75) is 31.6 Å². The molecule has 0 aromatic heterocycles. The molecule has 21 heavy (non-hydrogen) atoms. The normalized spacial score (nSPS) is 20.0. The van der Waals surface area contributed by atoms with Crippen molar-refractivity contribution >= 4 is 29.9 Å². The lowest BCUT2D eigenvalue weighted by Gasteiger charge is -2.35. The topological polar surface area (TPSA) is 18.8 Å². The van der Waals surface area contributed by atoms with E-state index in [9.17, 15) is 0 Å². The lowest BCUT2D eigenvalue weighted by molar-refractivity contribution is 0.395. The maximum atomic E-state index is 4.89. The zero-order valence-electron chi connectivity index (χ0n) is 13.9. The minimum Gasteiger partial charge on any atom is -0.349 e. The highest BCUT2D eigenvalue weighted by atomic mass is 127. The molecule has 1 aliphatic rings. The molecule has 1 atom stereocenters. The van der Waals surface area contributed by atoms with Gasteiger partial charge in [-0.15, -0.1) is 24.0 Å². The minimum atomic E-state index is 0. The molecule has 0 saturated carbocycles. The number of aryl methyl sites for hydroxylation is 1. The summed E-state index contributed by atoms with van der Waals surface area (Å²) in [5.41, 5.74) is 3.17. The molecule has 4 heteroatoms. The number of hydrogen-bond acceptors (Lipinski definition) is 1. The van der Waals surface area contributed by atoms with E-state index in [2.05, 4.69) is 69.2 Å². The quantitative estimate of drug-likeness (QED) is 0.430. The van der Waals surface area contributed by atoms with Crippen molar-refractivity contribution in [1.29, 1.82) is 0 Å². The molecule has 2 rings (SSSR count). The highest BCUT2D eigenvalue weighted by Gasteiger charge is 2.31. The number of halogens is 1. The molecule has 1 unspecified atom stereocenters. The summed E-state index contributed by atoms with van der Waals surface area (Å²) in [6.07, 6.45) is 3.70. The van der Waals surface area contributed by atoms with Gasteiger partial charge in [0.1, 0.15) is 0 Å². The highest BCUT2D eigenvalue weighted by Crippen LogP contribution is 2.37. The van der Waals surface area contributed by atoms with Gasteiger partial charge >= 0.3 is 0 Å². The maximum absolute atomic E-state index is 4.89. The first-order valence-corrected chi connectivity index (χ1v) is 7.41. The molecule has 3 nitrogen and oxygen atoms in total. The van der Waals surface area contributed by atoms with Gasteiger partial charge in [0.2, 0.25) is 0 Å². The van der Waals surface area contributed by atoms with Crippen LogP contribution in [0.3, 0.4) is 0 Å². The van der Waals surface area contributed by atoms with Crippen molar-refractivity contribution in [3.8, 4) is 0 Å². The molecule has 1 aliphatic carbocycles. The van der Waals surface area contributed by atoms with Crippen LogP contribution in [-0.2, 0) is 11.8 Å². The van der Waals surface area contributed by atoms with E-state index in [0.717, 1.165) is 12.5 Å². The van der Waals surface area contributed by atoms with E-state index in [4.69, 9.17) is 4.99 Å². The number of guanidine groups is 1. The van der Waals surface area contributed by atoms with Gasteiger partial charge in [-0.1, -0.05) is 31.2 Å². The lowest BCUT2D eigenvalue weighted by atomic mass is 9.71. The van der Waals surface area contributed by atoms with E-state index in [-0.39, 0.29) is 29.4 Å². The van der Waals surface area contributed by atoms with Crippen LogP contribution in [0, 0.1) is 0 Å². The van der Waals surface area contributed by atoms with E-state index < -0.39 is 0 Å². The predicted octanol–water partition coefficient (Wildman–Crippen LogP) is 3.38. The van der Waals surface area contributed by atoms with E-state index in [1.807, 2.05) is 0 Å². The van der Waals surface area contributed by atoms with Crippen molar-refractivity contribution in [1.82, 2.24) is 9.80 Å². The molecule has 1 aromatic rings. The lowest BCUT2D eigenvalue weighted by Crippen LogP contribution is -2.38. The summed E-state index contributed by atoms with van der Waals surface area (Å²) < 4.78 is 0. The number of benzene rings is 1. The number of aliphatic imine (C=N–C) groups is 1. The Labute approximate surface area is 146 Å². The fourth-order valence-corrected chi connectivity index (χ4v) is 3.22. The van der Waals surface area contributed by atoms with Gasteiger partial charge in [-0.25, -0.2) is 0 Å². The Morgan fingerprint density at radius 3 is 2.38 bits per heavy atom. The molecule has 0 saturated heterocycles. The van der Waals surface area contributed by atoms with E-state index in [1.165, 1.54) is 30.4 Å². The standard InChI is InChI=1S/C17H27N3.HI/c1-17(13-18-16(19(2)3)20(4)5)12-8-10-14-9-6-7-11-15(14)17;/h6-7,9,11H,8,10,12-13H2,1-5H3;1H. The molecule has 0 spiro atoms. The fourth-order valence-electron chi connectivity index (χ4n) is 3.22. The van der Waals surface area contributed by atoms with Crippen LogP contribution in [0.25, 0.3) is 0 Å². The SMILES string of the molecule is CN(C)C(=NCC1(C)CCCc2ccccc21)N(C)C.I. The van der Waals surface area contributed by atoms with Gasteiger partial charge in [-0.2, -0.15) is 0 Å². The molecule has 118 valence electrons. The van der Waals surface area contributed by atoms with E-state index in [0.29, 0.717) is 0 Å². The van der Waals surface area contributed by atoms with Crippen LogP contribution in [-0.4, -0.2) is 50.5 Å². The third-order valence-corrected chi connectivity index (χ3v) is 4.21. The van der Waals surface area contributed by atoms with Crippen LogP contribution >= 0.6 is 24.0 Å². The smallest absolute Gasteiger partial charge is 0.195 e. The molecule has 0 amide bonds. The summed E-state index contributed by atoms with van der Waals surface area (Å²) >= 11 is 0. The summed E-state index contributed by atoms with van der Waals surface area (Å²) in [6.45, 7) is 3.22. The minimum absolute atomic E-state index is 0. The molecular weight excluding hydrogens is 373 g/mol. The van der Waals surface area contributed by atoms with Gasteiger partial charge in [0, 0.05) is 33.6 Å². The molecule has 0 radical (unpaired) electrons. The Morgan fingerprint density at radius 1 is 1.14 bits per heavy atom. The Morgan fingerprint density at radius 2 is 1.76 bits per heavy atom. The zero-order chi connectivity index (χ0) is 14.8. The summed E-state index contributed by atoms with van der Waals surface area (Å²) in [5, 5.41) is 0. The fraction of sp³-hybridized carbons (Fsp3) is 0.588. The Bertz CT molecular complexity index is 487. The second-order valence-corrected chi connectivity index (χ2v) is 6.48. The first kappa shape index (κ1) is 18.3. The Hall–Kier alpha value is -0.780. The predicted molar refractivity (Wildman–Crippen MR) is 102 cm³/mol. The summed E-state index contributed by atoms with van der Waals surface area (Å²) in [5.74, 6) is 1.04. The van der Waals surface area contributed by atoms with Crippen LogP contribution in [0.15, 0.2) is 29.3 Å². The number of hydrogen-bond donors (Lipinski definition) is 0. The molecule has 0 bridgehead atoms. The third-order valence-electron chi connectivity index (χ3n) is 4.21. The largest absolute Gasteiger partial charge is 0.349 e. The summed E-state index contributed by atoms with van der Waals surface area (Å²) in [6, 6.07) is 8.87. The van der Waals surface area contributed by atoms with Gasteiger partial charge in [0.25, 0.3) is 0 Å². The zero-order valence-corrected chi connectivity index (χ0v) is 16.2. The van der Waals surface area contributed by atoms with Gasteiger partial charge in [0.05, 0.1) is 6.54 Å². The van der Waals surface area contributed by atoms with Crippen molar-refractivity contribution < 1.29 is 0 Å². The van der Waals surface area contributed by atoms with Crippen LogP contribution in [0.5, 0.6) is 0 Å². The van der Waals surface area contributed by atoms with Crippen LogP contribution in [0.2, 0.25) is 0 Å². The first-order valence-electron chi connectivity index (χ1n) is 7.41. The molecule has 0 N–H and O–H groups in total. The van der Waals surface area contributed by atoms with Crippen molar-refractivity contribution in [3.63, 3.8) is 0 Å². The molecule has 0 heterocycles. The van der Waals surface area contributed by atoms with Gasteiger partial charge in [-0.3, -0.25) is 4.99 Å². The second kappa shape index (κ2) is 7.47. The van der Waals surface area contributed by atoms with Gasteiger partial charge in [-0.05, 0) is 30.4 Å². The second-order valence-electron chi connectivity index (χ2n) is 6.48. The molecule has 1 aromatic carbocycles. The van der Waals surface area contributed by atoms with E-state index in [1.54, 1.807) is 0 Å². The number of rotatable bonds is 2. The number of nitrogens with zero attached hydrogens (tertiary/aromatic N) is 3. The monoisotopic (exact) mass is 401 g/mol. The maximum Gasteiger partial charge on any atom is 0.195 e. The Balaban J connectivity index is 0.00000220. The molecular formula is C17H28IN3. The van der Waals surface area contributed by atoms with Gasteiger partial charge < -0.3 is 9.80 Å².